The Bertz CT molecular complexity index is 1280. The summed E-state index contributed by atoms with van der Waals surface area (Å²) in [5, 5.41) is 6.16. The molecule has 1 aromatic carbocycles. The largest absolute Gasteiger partial charge is 0.495 e. The van der Waals surface area contributed by atoms with E-state index in [2.05, 4.69) is 20.5 Å². The van der Waals surface area contributed by atoms with Gasteiger partial charge in [0, 0.05) is 51.1 Å². The lowest BCUT2D eigenvalue weighted by atomic mass is 10.1. The van der Waals surface area contributed by atoms with Gasteiger partial charge in [-0.25, -0.2) is 4.98 Å². The Morgan fingerprint density at radius 3 is 2.78 bits per heavy atom. The van der Waals surface area contributed by atoms with Crippen molar-refractivity contribution in [1.29, 1.82) is 0 Å². The van der Waals surface area contributed by atoms with E-state index in [1.165, 1.54) is 12.8 Å². The van der Waals surface area contributed by atoms with E-state index in [1.54, 1.807) is 43.5 Å². The van der Waals surface area contributed by atoms with Crippen LogP contribution >= 0.6 is 0 Å². The lowest BCUT2D eigenvalue weighted by molar-refractivity contribution is -0.118. The van der Waals surface area contributed by atoms with Gasteiger partial charge in [0.25, 0.3) is 5.91 Å². The number of fused-ring (bicyclic) bond motifs is 1. The van der Waals surface area contributed by atoms with Crippen molar-refractivity contribution < 1.29 is 14.3 Å². The molecule has 5 rings (SSSR count). The zero-order valence-corrected chi connectivity index (χ0v) is 20.8. The zero-order chi connectivity index (χ0) is 25.2. The molecule has 0 radical (unpaired) electrons. The van der Waals surface area contributed by atoms with E-state index in [0.717, 1.165) is 18.1 Å². The third-order valence-corrected chi connectivity index (χ3v) is 6.75. The lowest BCUT2D eigenvalue weighted by Gasteiger charge is -2.24. The summed E-state index contributed by atoms with van der Waals surface area (Å²) in [4.78, 5) is 38.3. The molecule has 3 heterocycles. The molecule has 2 amide bonds. The van der Waals surface area contributed by atoms with Crippen LogP contribution in [0, 0.1) is 5.92 Å². The van der Waals surface area contributed by atoms with Gasteiger partial charge in [-0.3, -0.25) is 9.59 Å². The van der Waals surface area contributed by atoms with Crippen LogP contribution in [0.2, 0.25) is 0 Å². The number of carbonyl (C=O) groups excluding carboxylic acids is 2. The fourth-order valence-electron chi connectivity index (χ4n) is 4.33. The average Bonchev–Trinajstić information content (AvgIpc) is 3.64. The fraction of sp³-hybridized carbons (Fsp3) is 0.385. The topological polar surface area (TPSA) is 105 Å². The van der Waals surface area contributed by atoms with Gasteiger partial charge in [-0.2, -0.15) is 4.98 Å². The number of hydrogen-bond donors (Lipinski definition) is 2. The van der Waals surface area contributed by atoms with Crippen molar-refractivity contribution in [2.45, 2.75) is 25.8 Å². The molecule has 10 heteroatoms. The minimum absolute atomic E-state index is 0.0570. The third kappa shape index (κ3) is 4.98. The maximum atomic E-state index is 12.7. The van der Waals surface area contributed by atoms with E-state index in [0.29, 0.717) is 54.1 Å². The molecule has 0 atom stereocenters. The Balaban J connectivity index is 1.35. The molecule has 1 aliphatic heterocycles. The molecule has 2 aliphatic rings. The van der Waals surface area contributed by atoms with Crippen molar-refractivity contribution >= 4 is 35.0 Å². The average molecular weight is 490 g/mol. The summed E-state index contributed by atoms with van der Waals surface area (Å²) in [6.07, 6.45) is 6.51. The van der Waals surface area contributed by atoms with Crippen molar-refractivity contribution in [3.8, 4) is 5.75 Å². The van der Waals surface area contributed by atoms with Gasteiger partial charge in [-0.1, -0.05) is 0 Å². The Kier molecular flexibility index (Phi) is 6.49. The molecular weight excluding hydrogens is 458 g/mol. The summed E-state index contributed by atoms with van der Waals surface area (Å²) in [5.41, 5.74) is 2.85. The lowest BCUT2D eigenvalue weighted by Crippen LogP contribution is -2.28. The first-order valence-electron chi connectivity index (χ1n) is 12.1. The summed E-state index contributed by atoms with van der Waals surface area (Å²) in [7, 11) is 5.27. The standard InChI is InChI=1S/C26H31N7O3/c1-31-11-4-5-19(31)14-27-25(35)18-8-9-20(22(13-18)36-3)29-26-28-15-21-24(30-26)33(16-17-6-7-17)12-10-23(34)32(21)2/h4-5,8-9,11,13,15,17H,6-7,10,12,14,16H2,1-3H3,(H,27,35)(H,28,29,30). The van der Waals surface area contributed by atoms with E-state index < -0.39 is 0 Å². The predicted molar refractivity (Wildman–Crippen MR) is 138 cm³/mol. The number of aromatic nitrogens is 3. The molecule has 1 saturated carbocycles. The molecule has 2 aromatic heterocycles. The van der Waals surface area contributed by atoms with Crippen LogP contribution in [0.15, 0.2) is 42.7 Å². The number of carbonyl (C=O) groups is 2. The van der Waals surface area contributed by atoms with Crippen LogP contribution in [0.5, 0.6) is 5.75 Å². The molecule has 1 fully saturated rings. The van der Waals surface area contributed by atoms with E-state index in [-0.39, 0.29) is 11.8 Å². The van der Waals surface area contributed by atoms with E-state index >= 15 is 0 Å². The van der Waals surface area contributed by atoms with Crippen LogP contribution in [0.1, 0.15) is 35.3 Å². The first-order valence-corrected chi connectivity index (χ1v) is 12.1. The quantitative estimate of drug-likeness (QED) is 0.501. The van der Waals surface area contributed by atoms with Gasteiger partial charge in [0.1, 0.15) is 11.4 Å². The molecule has 0 unspecified atom stereocenters. The summed E-state index contributed by atoms with van der Waals surface area (Å²) in [6.45, 7) is 1.96. The Labute approximate surface area is 210 Å². The Morgan fingerprint density at radius 2 is 2.06 bits per heavy atom. The molecule has 36 heavy (non-hydrogen) atoms. The van der Waals surface area contributed by atoms with Crippen molar-refractivity contribution in [3.05, 3.63) is 54.0 Å². The molecule has 1 aliphatic carbocycles. The minimum atomic E-state index is -0.189. The van der Waals surface area contributed by atoms with Gasteiger partial charge in [0.05, 0.1) is 25.5 Å². The minimum Gasteiger partial charge on any atom is -0.495 e. The first kappa shape index (κ1) is 23.7. The number of ether oxygens (including phenoxy) is 1. The third-order valence-electron chi connectivity index (χ3n) is 6.75. The molecule has 188 valence electrons. The van der Waals surface area contributed by atoms with Crippen LogP contribution < -0.4 is 25.2 Å². The molecular formula is C26H31N7O3. The second kappa shape index (κ2) is 9.88. The summed E-state index contributed by atoms with van der Waals surface area (Å²) >= 11 is 0. The predicted octanol–water partition coefficient (Wildman–Crippen LogP) is 3.08. The highest BCUT2D eigenvalue weighted by atomic mass is 16.5. The second-order valence-electron chi connectivity index (χ2n) is 9.33. The van der Waals surface area contributed by atoms with Gasteiger partial charge >= 0.3 is 0 Å². The van der Waals surface area contributed by atoms with E-state index in [9.17, 15) is 9.59 Å². The Morgan fingerprint density at radius 1 is 1.22 bits per heavy atom. The fourth-order valence-corrected chi connectivity index (χ4v) is 4.33. The number of nitrogens with zero attached hydrogens (tertiary/aromatic N) is 5. The van der Waals surface area contributed by atoms with Crippen LogP contribution in [-0.4, -0.2) is 53.6 Å². The number of amides is 2. The van der Waals surface area contributed by atoms with Crippen LogP contribution in [0.4, 0.5) is 23.1 Å². The number of nitrogens with one attached hydrogen (secondary N) is 2. The maximum Gasteiger partial charge on any atom is 0.251 e. The molecule has 10 nitrogen and oxygen atoms in total. The number of aryl methyl sites for hydroxylation is 1. The normalized spacial score (nSPS) is 15.4. The SMILES string of the molecule is COc1cc(C(=O)NCc2cccn2C)ccc1Nc1ncc2c(n1)N(CC1CC1)CCC(=O)N2C. The van der Waals surface area contributed by atoms with Crippen molar-refractivity contribution in [3.63, 3.8) is 0 Å². The van der Waals surface area contributed by atoms with Gasteiger partial charge in [-0.15, -0.1) is 0 Å². The van der Waals surface area contributed by atoms with Gasteiger partial charge in [0.15, 0.2) is 5.82 Å². The van der Waals surface area contributed by atoms with Crippen LogP contribution in [-0.2, 0) is 18.4 Å². The smallest absolute Gasteiger partial charge is 0.251 e. The summed E-state index contributed by atoms with van der Waals surface area (Å²) in [6, 6.07) is 9.12. The van der Waals surface area contributed by atoms with Crippen LogP contribution in [0.3, 0.4) is 0 Å². The number of methoxy groups -OCH3 is 1. The molecule has 2 N–H and O–H groups in total. The monoisotopic (exact) mass is 489 g/mol. The zero-order valence-electron chi connectivity index (χ0n) is 20.8. The van der Waals surface area contributed by atoms with Gasteiger partial charge in [0.2, 0.25) is 11.9 Å². The van der Waals surface area contributed by atoms with Crippen molar-refractivity contribution in [2.75, 3.05) is 42.4 Å². The first-order chi connectivity index (χ1) is 17.4. The second-order valence-corrected chi connectivity index (χ2v) is 9.33. The Hall–Kier alpha value is -4.08. The van der Waals surface area contributed by atoms with Crippen molar-refractivity contribution in [1.82, 2.24) is 19.9 Å². The summed E-state index contributed by atoms with van der Waals surface area (Å²) < 4.78 is 7.52. The number of anilines is 4. The number of benzene rings is 1. The van der Waals surface area contributed by atoms with E-state index in [1.807, 2.05) is 29.9 Å². The number of hydrogen-bond acceptors (Lipinski definition) is 7. The van der Waals surface area contributed by atoms with Gasteiger partial charge in [-0.05, 0) is 49.1 Å². The highest BCUT2D eigenvalue weighted by Gasteiger charge is 2.31. The molecule has 3 aromatic rings. The van der Waals surface area contributed by atoms with Crippen LogP contribution in [0.25, 0.3) is 0 Å². The highest BCUT2D eigenvalue weighted by Crippen LogP contribution is 2.36. The van der Waals surface area contributed by atoms with Gasteiger partial charge < -0.3 is 29.7 Å². The highest BCUT2D eigenvalue weighted by molar-refractivity contribution is 5.97. The number of rotatable bonds is 8. The van der Waals surface area contributed by atoms with E-state index in [4.69, 9.17) is 9.72 Å². The molecule has 0 saturated heterocycles. The summed E-state index contributed by atoms with van der Waals surface area (Å²) in [5.74, 6) is 2.18. The molecule has 0 spiro atoms. The maximum absolute atomic E-state index is 12.7. The molecule has 0 bridgehead atoms. The van der Waals surface area contributed by atoms with Crippen molar-refractivity contribution in [2.24, 2.45) is 13.0 Å².